The van der Waals surface area contributed by atoms with Gasteiger partial charge in [-0.3, -0.25) is 0 Å². The molecule has 1 heterocycles. The van der Waals surface area contributed by atoms with Gasteiger partial charge in [0.2, 0.25) is 5.95 Å². The third-order valence-electron chi connectivity index (χ3n) is 4.68. The highest BCUT2D eigenvalue weighted by atomic mass is 19.2. The fourth-order valence-electron chi connectivity index (χ4n) is 3.42. The molecule has 122 valence electrons. The van der Waals surface area contributed by atoms with E-state index in [2.05, 4.69) is 17.1 Å². The van der Waals surface area contributed by atoms with E-state index in [-0.39, 0.29) is 5.92 Å². The molecule has 0 bridgehead atoms. The summed E-state index contributed by atoms with van der Waals surface area (Å²) in [6, 6.07) is 9.60. The van der Waals surface area contributed by atoms with Gasteiger partial charge in [0.15, 0.2) is 5.82 Å². The van der Waals surface area contributed by atoms with Gasteiger partial charge in [-0.25, -0.2) is 9.37 Å². The maximum atomic E-state index is 13.3. The molecule has 0 spiro atoms. The van der Waals surface area contributed by atoms with Crippen LogP contribution >= 0.6 is 0 Å². The number of benzene rings is 1. The highest BCUT2D eigenvalue weighted by Gasteiger charge is 2.24. The first-order valence-electron chi connectivity index (χ1n) is 8.21. The Bertz CT molecular complexity index is 649. The normalized spacial score (nSPS) is 21.2. The number of aromatic nitrogens is 1. The van der Waals surface area contributed by atoms with Gasteiger partial charge in [0, 0.05) is 6.20 Å². The molecule has 23 heavy (non-hydrogen) atoms. The molecule has 0 atom stereocenters. The van der Waals surface area contributed by atoms with Gasteiger partial charge in [-0.1, -0.05) is 12.1 Å². The van der Waals surface area contributed by atoms with Crippen LogP contribution in [0.25, 0.3) is 0 Å². The summed E-state index contributed by atoms with van der Waals surface area (Å²) in [5, 5.41) is 0. The Kier molecular flexibility index (Phi) is 4.89. The average molecular weight is 317 g/mol. The van der Waals surface area contributed by atoms with E-state index in [4.69, 9.17) is 4.74 Å². The molecule has 4 heteroatoms. The summed E-state index contributed by atoms with van der Waals surface area (Å²) < 4.78 is 31.7. The second-order valence-corrected chi connectivity index (χ2v) is 6.09. The first-order valence-corrected chi connectivity index (χ1v) is 8.21. The largest absolute Gasteiger partial charge is 0.494 e. The van der Waals surface area contributed by atoms with E-state index >= 15 is 0 Å². The van der Waals surface area contributed by atoms with Crippen LogP contribution in [-0.2, 0) is 0 Å². The summed E-state index contributed by atoms with van der Waals surface area (Å²) in [6.45, 7) is 2.65. The Morgan fingerprint density at radius 3 is 2.17 bits per heavy atom. The van der Waals surface area contributed by atoms with E-state index in [1.807, 2.05) is 19.1 Å². The van der Waals surface area contributed by atoms with Crippen molar-refractivity contribution in [3.05, 3.63) is 59.4 Å². The lowest BCUT2D eigenvalue weighted by molar-refractivity contribution is 0.339. The third kappa shape index (κ3) is 3.69. The monoisotopic (exact) mass is 317 g/mol. The molecule has 1 fully saturated rings. The zero-order chi connectivity index (χ0) is 16.2. The number of halogens is 2. The number of hydrogen-bond donors (Lipinski definition) is 0. The summed E-state index contributed by atoms with van der Waals surface area (Å²) in [7, 11) is 0. The zero-order valence-corrected chi connectivity index (χ0v) is 13.3. The van der Waals surface area contributed by atoms with Crippen LogP contribution < -0.4 is 4.74 Å². The van der Waals surface area contributed by atoms with Crippen LogP contribution in [0.2, 0.25) is 0 Å². The Hall–Kier alpha value is -1.97. The van der Waals surface area contributed by atoms with Crippen LogP contribution in [0.1, 0.15) is 55.6 Å². The molecule has 2 nitrogen and oxygen atoms in total. The van der Waals surface area contributed by atoms with Crippen LogP contribution in [0.3, 0.4) is 0 Å². The Balaban J connectivity index is 1.62. The van der Waals surface area contributed by atoms with Crippen molar-refractivity contribution in [2.24, 2.45) is 0 Å². The summed E-state index contributed by atoms with van der Waals surface area (Å²) in [4.78, 5) is 3.50. The maximum absolute atomic E-state index is 13.3. The van der Waals surface area contributed by atoms with Gasteiger partial charge in [0.05, 0.1) is 6.61 Å². The van der Waals surface area contributed by atoms with Crippen LogP contribution in [0.15, 0.2) is 36.5 Å². The maximum Gasteiger partial charge on any atom is 0.248 e. The highest BCUT2D eigenvalue weighted by molar-refractivity contribution is 5.30. The molecule has 0 N–H and O–H groups in total. The minimum atomic E-state index is -1.02. The molecule has 0 aliphatic heterocycles. The van der Waals surface area contributed by atoms with E-state index in [1.165, 1.54) is 17.8 Å². The van der Waals surface area contributed by atoms with Crippen molar-refractivity contribution in [2.45, 2.75) is 44.4 Å². The Labute approximate surface area is 135 Å². The van der Waals surface area contributed by atoms with E-state index in [1.54, 1.807) is 0 Å². The molecule has 1 aromatic heterocycles. The van der Waals surface area contributed by atoms with Crippen molar-refractivity contribution >= 4 is 0 Å². The van der Waals surface area contributed by atoms with Crippen molar-refractivity contribution in [1.82, 2.24) is 4.98 Å². The van der Waals surface area contributed by atoms with E-state index in [9.17, 15) is 8.78 Å². The average Bonchev–Trinajstić information content (AvgIpc) is 2.59. The fourth-order valence-corrected chi connectivity index (χ4v) is 3.42. The van der Waals surface area contributed by atoms with Crippen molar-refractivity contribution in [3.8, 4) is 5.75 Å². The minimum absolute atomic E-state index is 0.275. The summed E-state index contributed by atoms with van der Waals surface area (Å²) in [5.74, 6) is -0.164. The van der Waals surface area contributed by atoms with Gasteiger partial charge < -0.3 is 4.74 Å². The summed E-state index contributed by atoms with van der Waals surface area (Å²) in [6.07, 6.45) is 5.53. The first kappa shape index (κ1) is 15.9. The topological polar surface area (TPSA) is 22.1 Å². The van der Waals surface area contributed by atoms with Crippen LogP contribution in [-0.4, -0.2) is 11.6 Å². The van der Waals surface area contributed by atoms with E-state index in [0.29, 0.717) is 12.5 Å². The lowest BCUT2D eigenvalue weighted by Crippen LogP contribution is -2.13. The molecule has 0 radical (unpaired) electrons. The lowest BCUT2D eigenvalue weighted by Gasteiger charge is -2.29. The molecule has 1 aliphatic carbocycles. The summed E-state index contributed by atoms with van der Waals surface area (Å²) >= 11 is 0. The first-order chi connectivity index (χ1) is 11.2. The molecular weight excluding hydrogens is 296 g/mol. The second-order valence-electron chi connectivity index (χ2n) is 6.09. The molecule has 0 saturated heterocycles. The predicted octanol–water partition coefficient (Wildman–Crippen LogP) is 5.20. The Morgan fingerprint density at radius 2 is 1.61 bits per heavy atom. The van der Waals surface area contributed by atoms with Crippen molar-refractivity contribution < 1.29 is 13.5 Å². The van der Waals surface area contributed by atoms with Gasteiger partial charge in [-0.05, 0) is 73.8 Å². The van der Waals surface area contributed by atoms with Crippen LogP contribution in [0.5, 0.6) is 5.75 Å². The molecule has 1 aliphatic rings. The Morgan fingerprint density at radius 1 is 1.00 bits per heavy atom. The molecular formula is C19H21F2NO. The van der Waals surface area contributed by atoms with E-state index in [0.717, 1.165) is 37.0 Å². The van der Waals surface area contributed by atoms with Crippen molar-refractivity contribution in [3.63, 3.8) is 0 Å². The van der Waals surface area contributed by atoms with Crippen LogP contribution in [0, 0.1) is 11.8 Å². The highest BCUT2D eigenvalue weighted by Crippen LogP contribution is 2.40. The van der Waals surface area contributed by atoms with Crippen LogP contribution in [0.4, 0.5) is 8.78 Å². The minimum Gasteiger partial charge on any atom is -0.494 e. The van der Waals surface area contributed by atoms with Gasteiger partial charge in [0.1, 0.15) is 5.75 Å². The molecule has 3 rings (SSSR count). The van der Waals surface area contributed by atoms with Gasteiger partial charge in [0.25, 0.3) is 0 Å². The quantitative estimate of drug-likeness (QED) is 0.723. The molecule has 1 saturated carbocycles. The standard InChI is InChI=1S/C19H21F2NO/c1-2-23-17-9-7-14(8-10-17)13-3-5-15(6-4-13)16-11-18(20)19(21)22-12-16/h7-13,15H,2-6H2,1H3. The fraction of sp³-hybridized carbons (Fsp3) is 0.421. The molecule has 2 aromatic rings. The van der Waals surface area contributed by atoms with Gasteiger partial charge in [-0.15, -0.1) is 0 Å². The van der Waals surface area contributed by atoms with Gasteiger partial charge >= 0.3 is 0 Å². The number of hydrogen-bond acceptors (Lipinski definition) is 2. The summed E-state index contributed by atoms with van der Waals surface area (Å²) in [5.41, 5.74) is 2.14. The van der Waals surface area contributed by atoms with Gasteiger partial charge in [-0.2, -0.15) is 4.39 Å². The third-order valence-corrected chi connectivity index (χ3v) is 4.68. The zero-order valence-electron chi connectivity index (χ0n) is 13.3. The predicted molar refractivity (Wildman–Crippen MR) is 85.7 cm³/mol. The molecule has 0 unspecified atom stereocenters. The number of pyridine rings is 1. The molecule has 0 amide bonds. The van der Waals surface area contributed by atoms with E-state index < -0.39 is 11.8 Å². The van der Waals surface area contributed by atoms with Crippen molar-refractivity contribution in [1.29, 1.82) is 0 Å². The second kappa shape index (κ2) is 7.07. The van der Waals surface area contributed by atoms with Crippen molar-refractivity contribution in [2.75, 3.05) is 6.61 Å². The SMILES string of the molecule is CCOc1ccc(C2CCC(c3cnc(F)c(F)c3)CC2)cc1. The number of nitrogens with zero attached hydrogens (tertiary/aromatic N) is 1. The number of rotatable bonds is 4. The number of ether oxygens (including phenoxy) is 1. The smallest absolute Gasteiger partial charge is 0.248 e. The molecule has 1 aromatic carbocycles. The lowest BCUT2D eigenvalue weighted by atomic mass is 9.76.